The first-order valence-corrected chi connectivity index (χ1v) is 6.63. The van der Waals surface area contributed by atoms with E-state index >= 15 is 0 Å². The molecule has 19 heavy (non-hydrogen) atoms. The van der Waals surface area contributed by atoms with Crippen LogP contribution in [-0.2, 0) is 6.42 Å². The van der Waals surface area contributed by atoms with Gasteiger partial charge in [-0.25, -0.2) is 4.39 Å². The average Bonchev–Trinajstić information content (AvgIpc) is 2.28. The Kier molecular flexibility index (Phi) is 5.91. The number of nitrogens with zero attached hydrogens (tertiary/aromatic N) is 1. The Balaban J connectivity index is 2.39. The summed E-state index contributed by atoms with van der Waals surface area (Å²) in [7, 11) is 3.88. The van der Waals surface area contributed by atoms with E-state index in [2.05, 4.69) is 12.2 Å². The van der Waals surface area contributed by atoms with E-state index in [1.807, 2.05) is 25.9 Å². The van der Waals surface area contributed by atoms with Crippen molar-refractivity contribution in [1.82, 2.24) is 10.2 Å². The molecule has 2 unspecified atom stereocenters. The molecule has 0 bridgehead atoms. The fraction of sp³-hybridized carbons (Fsp3) is 0.600. The molecule has 0 aliphatic rings. The Morgan fingerprint density at radius 1 is 1.32 bits per heavy atom. The quantitative estimate of drug-likeness (QED) is 0.789. The molecule has 2 N–H and O–H groups in total. The number of halogens is 1. The average molecular weight is 268 g/mol. The van der Waals surface area contributed by atoms with E-state index in [9.17, 15) is 9.50 Å². The molecule has 0 heterocycles. The summed E-state index contributed by atoms with van der Waals surface area (Å²) in [4.78, 5) is 1.96. The van der Waals surface area contributed by atoms with Crippen LogP contribution in [0.5, 0.6) is 0 Å². The molecule has 1 aromatic carbocycles. The maximum atomic E-state index is 12.8. The van der Waals surface area contributed by atoms with Gasteiger partial charge in [0.1, 0.15) is 5.82 Å². The van der Waals surface area contributed by atoms with E-state index in [1.165, 1.54) is 12.1 Å². The van der Waals surface area contributed by atoms with Crippen molar-refractivity contribution in [2.24, 2.45) is 0 Å². The van der Waals surface area contributed by atoms with Crippen LogP contribution in [0.4, 0.5) is 4.39 Å². The molecular formula is C15H25FN2O. The largest absolute Gasteiger partial charge is 0.388 e. The highest BCUT2D eigenvalue weighted by atomic mass is 19.1. The predicted molar refractivity (Wildman–Crippen MR) is 76.7 cm³/mol. The standard InChI is InChI=1S/C15H25FN2O/c1-12(9-13-5-7-14(16)8-6-13)17-10-15(2,19)11-18(3)4/h5-8,12,17,19H,9-11H2,1-4H3. The van der Waals surface area contributed by atoms with Gasteiger partial charge in [-0.1, -0.05) is 12.1 Å². The molecule has 1 rings (SSSR count). The molecule has 108 valence electrons. The van der Waals surface area contributed by atoms with Crippen molar-refractivity contribution in [3.63, 3.8) is 0 Å². The van der Waals surface area contributed by atoms with Crippen LogP contribution >= 0.6 is 0 Å². The van der Waals surface area contributed by atoms with Gasteiger partial charge in [0.25, 0.3) is 0 Å². The Hall–Kier alpha value is -0.970. The highest BCUT2D eigenvalue weighted by Crippen LogP contribution is 2.07. The third-order valence-corrected chi connectivity index (χ3v) is 2.94. The Bertz CT molecular complexity index is 376. The highest BCUT2D eigenvalue weighted by molar-refractivity contribution is 5.17. The van der Waals surface area contributed by atoms with Crippen LogP contribution in [0.2, 0.25) is 0 Å². The lowest BCUT2D eigenvalue weighted by atomic mass is 10.0. The summed E-state index contributed by atoms with van der Waals surface area (Å²) in [5, 5.41) is 13.5. The number of likely N-dealkylation sites (N-methyl/N-ethyl adjacent to an activating group) is 1. The molecule has 0 aliphatic heterocycles. The van der Waals surface area contributed by atoms with E-state index < -0.39 is 5.60 Å². The summed E-state index contributed by atoms with van der Waals surface area (Å²) in [6.07, 6.45) is 0.818. The summed E-state index contributed by atoms with van der Waals surface area (Å²) >= 11 is 0. The number of hydrogen-bond acceptors (Lipinski definition) is 3. The number of nitrogens with one attached hydrogen (secondary N) is 1. The summed E-state index contributed by atoms with van der Waals surface area (Å²) in [6.45, 7) is 5.04. The predicted octanol–water partition coefficient (Wildman–Crippen LogP) is 1.66. The zero-order valence-corrected chi connectivity index (χ0v) is 12.3. The molecule has 0 aromatic heterocycles. The van der Waals surface area contributed by atoms with Gasteiger partial charge in [-0.2, -0.15) is 0 Å². The zero-order valence-electron chi connectivity index (χ0n) is 12.3. The third kappa shape index (κ3) is 6.66. The molecule has 3 nitrogen and oxygen atoms in total. The maximum Gasteiger partial charge on any atom is 0.123 e. The van der Waals surface area contributed by atoms with Crippen LogP contribution in [0, 0.1) is 5.82 Å². The van der Waals surface area contributed by atoms with Crippen LogP contribution in [0.25, 0.3) is 0 Å². The number of rotatable bonds is 7. The number of aliphatic hydroxyl groups is 1. The smallest absolute Gasteiger partial charge is 0.123 e. The van der Waals surface area contributed by atoms with Crippen LogP contribution < -0.4 is 5.32 Å². The fourth-order valence-corrected chi connectivity index (χ4v) is 2.18. The summed E-state index contributed by atoms with van der Waals surface area (Å²) in [5.74, 6) is -0.210. The third-order valence-electron chi connectivity index (χ3n) is 2.94. The summed E-state index contributed by atoms with van der Waals surface area (Å²) in [5.41, 5.74) is 0.342. The van der Waals surface area contributed by atoms with Crippen LogP contribution in [0.1, 0.15) is 19.4 Å². The first-order valence-electron chi connectivity index (χ1n) is 6.63. The van der Waals surface area contributed by atoms with Crippen molar-refractivity contribution < 1.29 is 9.50 Å². The van der Waals surface area contributed by atoms with Crippen molar-refractivity contribution >= 4 is 0 Å². The Morgan fingerprint density at radius 2 is 1.89 bits per heavy atom. The van der Waals surface area contributed by atoms with E-state index in [4.69, 9.17) is 0 Å². The fourth-order valence-electron chi connectivity index (χ4n) is 2.18. The van der Waals surface area contributed by atoms with Gasteiger partial charge >= 0.3 is 0 Å². The molecule has 2 atom stereocenters. The second-order valence-corrected chi connectivity index (χ2v) is 5.85. The normalized spacial score (nSPS) is 16.4. The van der Waals surface area contributed by atoms with Crippen molar-refractivity contribution in [3.8, 4) is 0 Å². The number of hydrogen-bond donors (Lipinski definition) is 2. The Labute approximate surface area is 115 Å². The molecule has 0 amide bonds. The molecule has 4 heteroatoms. The van der Waals surface area contributed by atoms with E-state index in [-0.39, 0.29) is 11.9 Å². The molecule has 0 radical (unpaired) electrons. The molecule has 0 spiro atoms. The van der Waals surface area contributed by atoms with E-state index in [1.54, 1.807) is 12.1 Å². The highest BCUT2D eigenvalue weighted by Gasteiger charge is 2.21. The molecular weight excluding hydrogens is 243 g/mol. The Morgan fingerprint density at radius 3 is 2.42 bits per heavy atom. The molecule has 1 aromatic rings. The van der Waals surface area contributed by atoms with Gasteiger partial charge in [-0.3, -0.25) is 0 Å². The molecule has 0 aliphatic carbocycles. The minimum atomic E-state index is -0.749. The summed E-state index contributed by atoms with van der Waals surface area (Å²) in [6, 6.07) is 6.78. The van der Waals surface area contributed by atoms with Crippen molar-refractivity contribution in [2.75, 3.05) is 27.2 Å². The van der Waals surface area contributed by atoms with Gasteiger partial charge in [0.05, 0.1) is 5.60 Å². The van der Waals surface area contributed by atoms with Gasteiger partial charge in [0.2, 0.25) is 0 Å². The second-order valence-electron chi connectivity index (χ2n) is 5.85. The van der Waals surface area contributed by atoms with Gasteiger partial charge in [0.15, 0.2) is 0 Å². The van der Waals surface area contributed by atoms with Gasteiger partial charge in [-0.15, -0.1) is 0 Å². The minimum Gasteiger partial charge on any atom is -0.388 e. The monoisotopic (exact) mass is 268 g/mol. The van der Waals surface area contributed by atoms with E-state index in [0.29, 0.717) is 13.1 Å². The van der Waals surface area contributed by atoms with Crippen molar-refractivity contribution in [3.05, 3.63) is 35.6 Å². The van der Waals surface area contributed by atoms with Crippen LogP contribution in [0.15, 0.2) is 24.3 Å². The lowest BCUT2D eigenvalue weighted by molar-refractivity contribution is 0.0318. The topological polar surface area (TPSA) is 35.5 Å². The minimum absolute atomic E-state index is 0.210. The molecule has 0 saturated heterocycles. The van der Waals surface area contributed by atoms with Crippen LogP contribution in [-0.4, -0.2) is 48.8 Å². The van der Waals surface area contributed by atoms with Gasteiger partial charge in [0, 0.05) is 19.1 Å². The second kappa shape index (κ2) is 6.98. The lowest BCUT2D eigenvalue weighted by Gasteiger charge is -2.28. The maximum absolute atomic E-state index is 12.8. The lowest BCUT2D eigenvalue weighted by Crippen LogP contribution is -2.48. The first-order chi connectivity index (χ1) is 8.78. The van der Waals surface area contributed by atoms with Crippen molar-refractivity contribution in [1.29, 1.82) is 0 Å². The molecule has 0 saturated carbocycles. The SMILES string of the molecule is CC(Cc1ccc(F)cc1)NCC(C)(O)CN(C)C. The first kappa shape index (κ1) is 16.1. The van der Waals surface area contributed by atoms with Crippen molar-refractivity contribution in [2.45, 2.75) is 31.9 Å². The van der Waals surface area contributed by atoms with Gasteiger partial charge in [-0.05, 0) is 52.1 Å². The molecule has 0 fully saturated rings. The van der Waals surface area contributed by atoms with Gasteiger partial charge < -0.3 is 15.3 Å². The number of benzene rings is 1. The van der Waals surface area contributed by atoms with E-state index in [0.717, 1.165) is 12.0 Å². The summed E-state index contributed by atoms with van der Waals surface area (Å²) < 4.78 is 12.8. The zero-order chi connectivity index (χ0) is 14.5. The van der Waals surface area contributed by atoms with Crippen LogP contribution in [0.3, 0.4) is 0 Å².